The van der Waals surface area contributed by atoms with Gasteiger partial charge in [0.25, 0.3) is 11.8 Å². The van der Waals surface area contributed by atoms with Gasteiger partial charge in [0.2, 0.25) is 0 Å². The van der Waals surface area contributed by atoms with Crippen molar-refractivity contribution in [3.63, 3.8) is 0 Å². The lowest BCUT2D eigenvalue weighted by Gasteiger charge is -2.35. The number of amides is 2. The summed E-state index contributed by atoms with van der Waals surface area (Å²) in [4.78, 5) is 39.3. The van der Waals surface area contributed by atoms with Crippen molar-refractivity contribution in [3.05, 3.63) is 54.0 Å². The number of ether oxygens (including phenoxy) is 1. The Balaban J connectivity index is 1.64. The fraction of sp³-hybridized carbons (Fsp3) is 0.409. The van der Waals surface area contributed by atoms with Crippen LogP contribution in [0.25, 0.3) is 0 Å². The van der Waals surface area contributed by atoms with Crippen molar-refractivity contribution in [1.29, 1.82) is 0 Å². The molecule has 29 heavy (non-hydrogen) atoms. The highest BCUT2D eigenvalue weighted by atomic mass is 16.5. The van der Waals surface area contributed by atoms with Crippen molar-refractivity contribution in [2.24, 2.45) is 5.92 Å². The first-order valence-electron chi connectivity index (χ1n) is 9.79. The first-order valence-corrected chi connectivity index (χ1v) is 9.79. The highest BCUT2D eigenvalue weighted by Gasteiger charge is 2.31. The molecule has 1 aliphatic rings. The normalized spacial score (nSPS) is 16.8. The van der Waals surface area contributed by atoms with Crippen molar-refractivity contribution >= 4 is 23.5 Å². The number of fused-ring (bicyclic) bond motifs is 1. The van der Waals surface area contributed by atoms with Gasteiger partial charge in [-0.2, -0.15) is 0 Å². The molecule has 2 atom stereocenters. The smallest absolute Gasteiger partial charge is 0.329 e. The van der Waals surface area contributed by atoms with Gasteiger partial charge in [-0.1, -0.05) is 32.0 Å². The molecule has 1 N–H and O–H groups in total. The maximum absolute atomic E-state index is 12.8. The molecule has 7 heteroatoms. The number of anilines is 1. The number of hydrogen-bond acceptors (Lipinski definition) is 5. The summed E-state index contributed by atoms with van der Waals surface area (Å²) >= 11 is 0. The van der Waals surface area contributed by atoms with Crippen molar-refractivity contribution in [1.82, 2.24) is 5.32 Å². The molecule has 0 unspecified atom stereocenters. The van der Waals surface area contributed by atoms with Gasteiger partial charge in [0.1, 0.15) is 6.04 Å². The predicted molar refractivity (Wildman–Crippen MR) is 107 cm³/mol. The number of esters is 1. The van der Waals surface area contributed by atoms with Crippen molar-refractivity contribution in [2.45, 2.75) is 45.7 Å². The molecule has 7 nitrogen and oxygen atoms in total. The average Bonchev–Trinajstić information content (AvgIpc) is 3.24. The quantitative estimate of drug-likeness (QED) is 0.756. The molecule has 3 rings (SSSR count). The van der Waals surface area contributed by atoms with E-state index < -0.39 is 17.9 Å². The SMILES string of the molecule is CC(C)[C@@H](NC(=O)c1ccco1)C(=O)OCC(=O)N1c2ccccc2CC[C@H]1C. The Morgan fingerprint density at radius 1 is 1.21 bits per heavy atom. The van der Waals surface area contributed by atoms with Crippen LogP contribution in [-0.2, 0) is 20.7 Å². The number of furan rings is 1. The van der Waals surface area contributed by atoms with Gasteiger partial charge in [-0.3, -0.25) is 9.59 Å². The summed E-state index contributed by atoms with van der Waals surface area (Å²) in [6.45, 7) is 5.19. The number of nitrogens with zero attached hydrogens (tertiary/aromatic N) is 1. The van der Waals surface area contributed by atoms with Crippen LogP contribution in [0.4, 0.5) is 5.69 Å². The van der Waals surface area contributed by atoms with Gasteiger partial charge in [0.05, 0.1) is 6.26 Å². The van der Waals surface area contributed by atoms with Crippen LogP contribution in [0.5, 0.6) is 0 Å². The summed E-state index contributed by atoms with van der Waals surface area (Å²) < 4.78 is 10.3. The molecule has 1 aromatic carbocycles. The molecule has 0 aliphatic carbocycles. The van der Waals surface area contributed by atoms with E-state index in [0.717, 1.165) is 24.1 Å². The zero-order valence-electron chi connectivity index (χ0n) is 16.9. The lowest BCUT2D eigenvalue weighted by atomic mass is 9.96. The Morgan fingerprint density at radius 3 is 2.66 bits per heavy atom. The Hall–Kier alpha value is -3.09. The molecule has 1 aromatic heterocycles. The Bertz CT molecular complexity index is 875. The Morgan fingerprint density at radius 2 is 1.97 bits per heavy atom. The van der Waals surface area contributed by atoms with Crippen LogP contribution in [0, 0.1) is 5.92 Å². The summed E-state index contributed by atoms with van der Waals surface area (Å²) in [5.74, 6) is -1.54. The standard InChI is InChI=1S/C22H26N2O5/c1-14(2)20(23-21(26)18-9-6-12-28-18)22(27)29-13-19(25)24-15(3)10-11-16-7-4-5-8-17(16)24/h4-9,12,14-15,20H,10-11,13H2,1-3H3,(H,23,26)/t15-,20-/m1/s1. The van der Waals surface area contributed by atoms with Crippen LogP contribution < -0.4 is 10.2 Å². The molecule has 2 amide bonds. The minimum atomic E-state index is -0.883. The van der Waals surface area contributed by atoms with E-state index in [0.29, 0.717) is 0 Å². The van der Waals surface area contributed by atoms with Gasteiger partial charge in [-0.25, -0.2) is 4.79 Å². The Kier molecular flexibility index (Phi) is 6.36. The van der Waals surface area contributed by atoms with Crippen LogP contribution in [0.2, 0.25) is 0 Å². The van der Waals surface area contributed by atoms with E-state index in [2.05, 4.69) is 5.32 Å². The predicted octanol–water partition coefficient (Wildman–Crippen LogP) is 2.95. The summed E-state index contributed by atoms with van der Waals surface area (Å²) in [5, 5.41) is 2.61. The molecule has 0 bridgehead atoms. The van der Waals surface area contributed by atoms with Crippen LogP contribution >= 0.6 is 0 Å². The van der Waals surface area contributed by atoms with E-state index in [1.54, 1.807) is 24.8 Å². The zero-order chi connectivity index (χ0) is 21.0. The number of nitrogens with one attached hydrogen (secondary N) is 1. The molecule has 0 saturated carbocycles. The van der Waals surface area contributed by atoms with E-state index in [1.807, 2.05) is 31.2 Å². The highest BCUT2D eigenvalue weighted by Crippen LogP contribution is 2.30. The third kappa shape index (κ3) is 4.67. The molecule has 154 valence electrons. The van der Waals surface area contributed by atoms with Gasteiger partial charge < -0.3 is 19.4 Å². The molecular weight excluding hydrogens is 372 g/mol. The molecule has 0 radical (unpaired) electrons. The third-order valence-electron chi connectivity index (χ3n) is 5.08. The minimum absolute atomic E-state index is 0.0238. The van der Waals surface area contributed by atoms with Crippen molar-refractivity contribution in [3.8, 4) is 0 Å². The topological polar surface area (TPSA) is 88.9 Å². The van der Waals surface area contributed by atoms with E-state index in [1.165, 1.54) is 12.3 Å². The van der Waals surface area contributed by atoms with E-state index in [9.17, 15) is 14.4 Å². The second-order valence-corrected chi connectivity index (χ2v) is 7.56. The molecule has 2 heterocycles. The maximum atomic E-state index is 12.8. The number of carbonyl (C=O) groups is 3. The zero-order valence-corrected chi connectivity index (χ0v) is 16.9. The van der Waals surface area contributed by atoms with Gasteiger partial charge in [-0.05, 0) is 49.4 Å². The first-order chi connectivity index (χ1) is 13.9. The minimum Gasteiger partial charge on any atom is -0.459 e. The molecule has 0 saturated heterocycles. The average molecular weight is 398 g/mol. The lowest BCUT2D eigenvalue weighted by molar-refractivity contribution is -0.150. The molecule has 0 spiro atoms. The number of hydrogen-bond donors (Lipinski definition) is 1. The molecule has 0 fully saturated rings. The lowest BCUT2D eigenvalue weighted by Crippen LogP contribution is -2.48. The maximum Gasteiger partial charge on any atom is 0.329 e. The van der Waals surface area contributed by atoms with Crippen molar-refractivity contribution < 1.29 is 23.5 Å². The number of aryl methyl sites for hydroxylation is 1. The Labute approximate surface area is 170 Å². The van der Waals surface area contributed by atoms with Gasteiger partial charge >= 0.3 is 5.97 Å². The van der Waals surface area contributed by atoms with Crippen LogP contribution in [0.3, 0.4) is 0 Å². The van der Waals surface area contributed by atoms with E-state index >= 15 is 0 Å². The number of para-hydroxylation sites is 1. The fourth-order valence-electron chi connectivity index (χ4n) is 3.48. The summed E-state index contributed by atoms with van der Waals surface area (Å²) in [7, 11) is 0. The number of benzene rings is 1. The summed E-state index contributed by atoms with van der Waals surface area (Å²) in [6.07, 6.45) is 3.15. The first kappa shape index (κ1) is 20.6. The van der Waals surface area contributed by atoms with Gasteiger partial charge in [0, 0.05) is 11.7 Å². The van der Waals surface area contributed by atoms with E-state index in [-0.39, 0.29) is 30.2 Å². The summed E-state index contributed by atoms with van der Waals surface area (Å²) in [5.41, 5.74) is 1.97. The van der Waals surface area contributed by atoms with E-state index in [4.69, 9.17) is 9.15 Å². The van der Waals surface area contributed by atoms with Crippen molar-refractivity contribution in [2.75, 3.05) is 11.5 Å². The van der Waals surface area contributed by atoms with Gasteiger partial charge in [0.15, 0.2) is 12.4 Å². The molecule has 2 aromatic rings. The van der Waals surface area contributed by atoms with Crippen LogP contribution in [0.1, 0.15) is 43.3 Å². The van der Waals surface area contributed by atoms with Crippen LogP contribution in [0.15, 0.2) is 47.1 Å². The fourth-order valence-corrected chi connectivity index (χ4v) is 3.48. The monoisotopic (exact) mass is 398 g/mol. The van der Waals surface area contributed by atoms with Gasteiger partial charge in [-0.15, -0.1) is 0 Å². The summed E-state index contributed by atoms with van der Waals surface area (Å²) in [6, 6.07) is 10.00. The van der Waals surface area contributed by atoms with Crippen LogP contribution in [-0.4, -0.2) is 36.5 Å². The molecule has 1 aliphatic heterocycles. The number of rotatable bonds is 6. The molecular formula is C22H26N2O5. The highest BCUT2D eigenvalue weighted by molar-refractivity contribution is 5.98. The third-order valence-corrected chi connectivity index (χ3v) is 5.08. The second kappa shape index (κ2) is 8.94. The number of carbonyl (C=O) groups excluding carboxylic acids is 3. The largest absolute Gasteiger partial charge is 0.459 e. The second-order valence-electron chi connectivity index (χ2n) is 7.56.